The molecule has 1 unspecified atom stereocenters. The molecule has 0 spiro atoms. The van der Waals surface area contributed by atoms with Crippen molar-refractivity contribution in [2.24, 2.45) is 0 Å². The second-order valence-electron chi connectivity index (χ2n) is 5.31. The molecule has 2 N–H and O–H groups in total. The SMILES string of the molecule is COc1cccc(CC(=O)NCCC2CCCCN2)c1. The number of piperidine rings is 1. The summed E-state index contributed by atoms with van der Waals surface area (Å²) in [6, 6.07) is 8.22. The zero-order valence-corrected chi connectivity index (χ0v) is 12.2. The van der Waals surface area contributed by atoms with E-state index in [9.17, 15) is 4.79 Å². The minimum absolute atomic E-state index is 0.0778. The molecule has 1 atom stereocenters. The van der Waals surface area contributed by atoms with Gasteiger partial charge in [0.1, 0.15) is 5.75 Å². The van der Waals surface area contributed by atoms with Gasteiger partial charge in [-0.15, -0.1) is 0 Å². The quantitative estimate of drug-likeness (QED) is 0.834. The summed E-state index contributed by atoms with van der Waals surface area (Å²) in [6.45, 7) is 1.86. The van der Waals surface area contributed by atoms with Crippen LogP contribution in [0.15, 0.2) is 24.3 Å². The number of methoxy groups -OCH3 is 1. The molecule has 1 aromatic rings. The average molecular weight is 276 g/mol. The minimum atomic E-state index is 0.0778. The van der Waals surface area contributed by atoms with Crippen LogP contribution >= 0.6 is 0 Å². The van der Waals surface area contributed by atoms with Gasteiger partial charge in [0.05, 0.1) is 13.5 Å². The van der Waals surface area contributed by atoms with E-state index in [0.717, 1.165) is 30.8 Å². The van der Waals surface area contributed by atoms with Crippen LogP contribution in [0.3, 0.4) is 0 Å². The lowest BCUT2D eigenvalue weighted by molar-refractivity contribution is -0.120. The van der Waals surface area contributed by atoms with Crippen molar-refractivity contribution < 1.29 is 9.53 Å². The number of amides is 1. The highest BCUT2D eigenvalue weighted by atomic mass is 16.5. The smallest absolute Gasteiger partial charge is 0.224 e. The third-order valence-electron chi connectivity index (χ3n) is 3.73. The number of nitrogens with one attached hydrogen (secondary N) is 2. The molecule has 1 aromatic carbocycles. The number of hydrogen-bond acceptors (Lipinski definition) is 3. The molecule has 110 valence electrons. The van der Waals surface area contributed by atoms with Crippen molar-refractivity contribution in [2.75, 3.05) is 20.2 Å². The number of carbonyl (C=O) groups excluding carboxylic acids is 1. The van der Waals surface area contributed by atoms with Crippen molar-refractivity contribution in [1.82, 2.24) is 10.6 Å². The highest BCUT2D eigenvalue weighted by Gasteiger charge is 2.12. The maximum atomic E-state index is 11.9. The van der Waals surface area contributed by atoms with E-state index in [2.05, 4.69) is 10.6 Å². The number of hydrogen-bond donors (Lipinski definition) is 2. The standard InChI is InChI=1S/C16H24N2O2/c1-20-15-7-4-5-13(11-15)12-16(19)18-10-8-14-6-2-3-9-17-14/h4-5,7,11,14,17H,2-3,6,8-10,12H2,1H3,(H,18,19). The molecule has 1 fully saturated rings. The second-order valence-corrected chi connectivity index (χ2v) is 5.31. The molecule has 20 heavy (non-hydrogen) atoms. The first-order valence-corrected chi connectivity index (χ1v) is 7.41. The fourth-order valence-electron chi connectivity index (χ4n) is 2.59. The summed E-state index contributed by atoms with van der Waals surface area (Å²) in [5.74, 6) is 0.871. The monoisotopic (exact) mass is 276 g/mol. The van der Waals surface area contributed by atoms with Crippen LogP contribution in [0.25, 0.3) is 0 Å². The fourth-order valence-corrected chi connectivity index (χ4v) is 2.59. The average Bonchev–Trinajstić information content (AvgIpc) is 2.48. The van der Waals surface area contributed by atoms with E-state index < -0.39 is 0 Å². The molecule has 1 saturated heterocycles. The van der Waals surface area contributed by atoms with Gasteiger partial charge >= 0.3 is 0 Å². The van der Waals surface area contributed by atoms with Gasteiger partial charge in [-0.3, -0.25) is 4.79 Å². The molecular weight excluding hydrogens is 252 g/mol. The second kappa shape index (κ2) is 7.90. The van der Waals surface area contributed by atoms with E-state index in [0.29, 0.717) is 12.5 Å². The third kappa shape index (κ3) is 4.85. The highest BCUT2D eigenvalue weighted by Crippen LogP contribution is 2.13. The zero-order chi connectivity index (χ0) is 14.2. The minimum Gasteiger partial charge on any atom is -0.497 e. The first-order chi connectivity index (χ1) is 9.78. The lowest BCUT2D eigenvalue weighted by atomic mass is 10.0. The van der Waals surface area contributed by atoms with Crippen LogP contribution in [-0.2, 0) is 11.2 Å². The Morgan fingerprint density at radius 3 is 3.10 bits per heavy atom. The molecule has 1 heterocycles. The molecule has 1 aliphatic heterocycles. The normalized spacial score (nSPS) is 18.6. The van der Waals surface area contributed by atoms with Gasteiger partial charge < -0.3 is 15.4 Å². The van der Waals surface area contributed by atoms with Crippen LogP contribution in [0.1, 0.15) is 31.2 Å². The maximum Gasteiger partial charge on any atom is 0.224 e. The Morgan fingerprint density at radius 1 is 1.45 bits per heavy atom. The molecule has 1 amide bonds. The van der Waals surface area contributed by atoms with E-state index in [1.54, 1.807) is 7.11 Å². The predicted octanol–water partition coefficient (Wildman–Crippen LogP) is 1.89. The summed E-state index contributed by atoms with van der Waals surface area (Å²) in [4.78, 5) is 11.9. The van der Waals surface area contributed by atoms with Crippen molar-refractivity contribution in [3.05, 3.63) is 29.8 Å². The molecule has 4 heteroatoms. The van der Waals surface area contributed by atoms with E-state index in [4.69, 9.17) is 4.74 Å². The topological polar surface area (TPSA) is 50.4 Å². The molecule has 0 saturated carbocycles. The number of benzene rings is 1. The Labute approximate surface area is 120 Å². The van der Waals surface area contributed by atoms with Gasteiger partial charge in [0.15, 0.2) is 0 Å². The Morgan fingerprint density at radius 2 is 2.35 bits per heavy atom. The molecule has 4 nitrogen and oxygen atoms in total. The van der Waals surface area contributed by atoms with Crippen molar-refractivity contribution in [3.63, 3.8) is 0 Å². The molecule has 2 rings (SSSR count). The maximum absolute atomic E-state index is 11.9. The van der Waals surface area contributed by atoms with Gasteiger partial charge in [-0.05, 0) is 43.5 Å². The summed E-state index contributed by atoms with van der Waals surface area (Å²) in [5.41, 5.74) is 0.984. The lowest BCUT2D eigenvalue weighted by Gasteiger charge is -2.23. The first-order valence-electron chi connectivity index (χ1n) is 7.41. The highest BCUT2D eigenvalue weighted by molar-refractivity contribution is 5.78. The summed E-state index contributed by atoms with van der Waals surface area (Å²) in [6.07, 6.45) is 5.24. The van der Waals surface area contributed by atoms with Crippen LogP contribution in [0.5, 0.6) is 5.75 Å². The Hall–Kier alpha value is -1.55. The van der Waals surface area contributed by atoms with Gasteiger partial charge in [0.25, 0.3) is 0 Å². The van der Waals surface area contributed by atoms with Crippen LogP contribution in [-0.4, -0.2) is 32.1 Å². The fraction of sp³-hybridized carbons (Fsp3) is 0.562. The third-order valence-corrected chi connectivity index (χ3v) is 3.73. The van der Waals surface area contributed by atoms with E-state index in [-0.39, 0.29) is 5.91 Å². The number of rotatable bonds is 6. The Kier molecular flexibility index (Phi) is 5.87. The number of carbonyl (C=O) groups is 1. The van der Waals surface area contributed by atoms with Gasteiger partial charge in [0.2, 0.25) is 5.91 Å². The summed E-state index contributed by atoms with van der Waals surface area (Å²) < 4.78 is 5.16. The first kappa shape index (κ1) is 14.9. The number of ether oxygens (including phenoxy) is 1. The molecule has 0 bridgehead atoms. The predicted molar refractivity (Wildman–Crippen MR) is 80.0 cm³/mol. The summed E-state index contributed by atoms with van der Waals surface area (Å²) >= 11 is 0. The van der Waals surface area contributed by atoms with Gasteiger partial charge in [-0.1, -0.05) is 18.6 Å². The summed E-state index contributed by atoms with van der Waals surface area (Å²) in [5, 5.41) is 6.49. The molecule has 0 aliphatic carbocycles. The van der Waals surface area contributed by atoms with Crippen molar-refractivity contribution in [2.45, 2.75) is 38.1 Å². The molecular formula is C16H24N2O2. The van der Waals surface area contributed by atoms with Crippen molar-refractivity contribution in [1.29, 1.82) is 0 Å². The van der Waals surface area contributed by atoms with Gasteiger partial charge in [-0.2, -0.15) is 0 Å². The van der Waals surface area contributed by atoms with Gasteiger partial charge in [0, 0.05) is 12.6 Å². The van der Waals surface area contributed by atoms with Crippen LogP contribution in [0.4, 0.5) is 0 Å². The van der Waals surface area contributed by atoms with E-state index in [1.165, 1.54) is 19.3 Å². The Balaban J connectivity index is 1.69. The van der Waals surface area contributed by atoms with Gasteiger partial charge in [-0.25, -0.2) is 0 Å². The molecule has 0 aromatic heterocycles. The van der Waals surface area contributed by atoms with Crippen LogP contribution in [0.2, 0.25) is 0 Å². The van der Waals surface area contributed by atoms with Crippen molar-refractivity contribution >= 4 is 5.91 Å². The van der Waals surface area contributed by atoms with E-state index in [1.807, 2.05) is 24.3 Å². The van der Waals surface area contributed by atoms with Crippen LogP contribution in [0, 0.1) is 0 Å². The zero-order valence-electron chi connectivity index (χ0n) is 12.2. The largest absolute Gasteiger partial charge is 0.497 e. The van der Waals surface area contributed by atoms with Crippen molar-refractivity contribution in [3.8, 4) is 5.75 Å². The Bertz CT molecular complexity index is 428. The molecule has 0 radical (unpaired) electrons. The van der Waals surface area contributed by atoms with E-state index >= 15 is 0 Å². The summed E-state index contributed by atoms with van der Waals surface area (Å²) in [7, 11) is 1.64. The van der Waals surface area contributed by atoms with Crippen LogP contribution < -0.4 is 15.4 Å². The molecule has 1 aliphatic rings. The lowest BCUT2D eigenvalue weighted by Crippen LogP contribution is -2.37.